The average molecular weight is 504 g/mol. The summed E-state index contributed by atoms with van der Waals surface area (Å²) in [5.74, 6) is 0.377. The lowest BCUT2D eigenvalue weighted by Crippen LogP contribution is -2.48. The summed E-state index contributed by atoms with van der Waals surface area (Å²) in [4.78, 5) is 19.0. The fraction of sp³-hybridized carbons (Fsp3) is 0.520. The van der Waals surface area contributed by atoms with Crippen molar-refractivity contribution in [2.24, 2.45) is 0 Å². The molecule has 0 spiro atoms. The molecule has 2 amide bonds. The summed E-state index contributed by atoms with van der Waals surface area (Å²) in [7, 11) is -2.18. The minimum Gasteiger partial charge on any atom is -0.495 e. The topological polar surface area (TPSA) is 104 Å². The van der Waals surface area contributed by atoms with Gasteiger partial charge in [-0.3, -0.25) is 4.98 Å². The average Bonchev–Trinajstić information content (AvgIpc) is 2.79. The summed E-state index contributed by atoms with van der Waals surface area (Å²) in [6, 6.07) is 8.53. The van der Waals surface area contributed by atoms with Crippen LogP contribution in [-0.2, 0) is 10.0 Å². The van der Waals surface area contributed by atoms with E-state index in [1.165, 1.54) is 7.11 Å². The first-order chi connectivity index (χ1) is 16.6. The van der Waals surface area contributed by atoms with Gasteiger partial charge in [-0.05, 0) is 76.5 Å². The van der Waals surface area contributed by atoms with Crippen LogP contribution >= 0.6 is 0 Å². The second kappa shape index (κ2) is 11.8. The standard InChI is InChI=1S/C25H37N5O4S/c1-6-30(35(32,33)24-8-7-18(2)15-23(24)34-5)22-9-12-29(13-10-22)14-11-26-25(31)28-21-16-19(3)27-20(4)17-21/h7-8,15-17,22H,6,9-14H2,1-5H3,(H2,26,27,28,31). The van der Waals surface area contributed by atoms with Crippen molar-refractivity contribution in [2.75, 3.05) is 45.2 Å². The number of nitrogens with one attached hydrogen (secondary N) is 2. The van der Waals surface area contributed by atoms with Gasteiger partial charge >= 0.3 is 6.03 Å². The Morgan fingerprint density at radius 1 is 1.14 bits per heavy atom. The predicted octanol–water partition coefficient (Wildman–Crippen LogP) is 3.31. The highest BCUT2D eigenvalue weighted by Crippen LogP contribution is 2.30. The van der Waals surface area contributed by atoms with Crippen molar-refractivity contribution in [1.29, 1.82) is 0 Å². The highest BCUT2D eigenvalue weighted by molar-refractivity contribution is 7.89. The first-order valence-corrected chi connectivity index (χ1v) is 13.5. The smallest absolute Gasteiger partial charge is 0.319 e. The molecule has 1 aromatic heterocycles. The van der Waals surface area contributed by atoms with Gasteiger partial charge in [-0.25, -0.2) is 13.2 Å². The molecule has 3 rings (SSSR count). The number of rotatable bonds is 9. The molecular formula is C25H37N5O4S. The summed E-state index contributed by atoms with van der Waals surface area (Å²) in [5, 5.41) is 5.74. The fourth-order valence-electron chi connectivity index (χ4n) is 4.58. The van der Waals surface area contributed by atoms with Crippen molar-refractivity contribution in [1.82, 2.24) is 19.5 Å². The van der Waals surface area contributed by atoms with E-state index in [-0.39, 0.29) is 17.0 Å². The van der Waals surface area contributed by atoms with E-state index in [1.807, 2.05) is 39.8 Å². The highest BCUT2D eigenvalue weighted by Gasteiger charge is 2.34. The zero-order valence-corrected chi connectivity index (χ0v) is 22.1. The molecule has 9 nitrogen and oxygen atoms in total. The number of anilines is 1. The van der Waals surface area contributed by atoms with Crippen LogP contribution in [0.5, 0.6) is 5.75 Å². The monoisotopic (exact) mass is 503 g/mol. The van der Waals surface area contributed by atoms with Crippen molar-refractivity contribution in [2.45, 2.75) is 51.5 Å². The molecule has 1 saturated heterocycles. The van der Waals surface area contributed by atoms with Gasteiger partial charge in [0.2, 0.25) is 10.0 Å². The largest absolute Gasteiger partial charge is 0.495 e. The van der Waals surface area contributed by atoms with Crippen LogP contribution in [0.2, 0.25) is 0 Å². The number of aromatic nitrogens is 1. The Bertz CT molecular complexity index is 1110. The minimum absolute atomic E-state index is 0.0679. The lowest BCUT2D eigenvalue weighted by atomic mass is 10.1. The summed E-state index contributed by atoms with van der Waals surface area (Å²) in [6.07, 6.45) is 1.48. The van der Waals surface area contributed by atoms with Gasteiger partial charge in [0.15, 0.2) is 0 Å². The Morgan fingerprint density at radius 2 is 1.80 bits per heavy atom. The van der Waals surface area contributed by atoms with Gasteiger partial charge in [-0.15, -0.1) is 0 Å². The maximum absolute atomic E-state index is 13.4. The van der Waals surface area contributed by atoms with Crippen LogP contribution in [0.3, 0.4) is 0 Å². The van der Waals surface area contributed by atoms with Crippen LogP contribution in [0.25, 0.3) is 0 Å². The SMILES string of the molecule is CCN(C1CCN(CCNC(=O)Nc2cc(C)nc(C)c2)CC1)S(=O)(=O)c1ccc(C)cc1OC. The van der Waals surface area contributed by atoms with E-state index in [0.29, 0.717) is 25.4 Å². The molecule has 10 heteroatoms. The lowest BCUT2D eigenvalue weighted by molar-refractivity contribution is 0.162. The molecule has 0 aliphatic carbocycles. The number of nitrogens with zero attached hydrogens (tertiary/aromatic N) is 3. The number of sulfonamides is 1. The number of pyridine rings is 1. The molecule has 1 aromatic carbocycles. The Labute approximate surface area is 208 Å². The Kier molecular flexibility index (Phi) is 9.09. The Hall–Kier alpha value is -2.69. The van der Waals surface area contributed by atoms with Crippen LogP contribution in [0, 0.1) is 20.8 Å². The van der Waals surface area contributed by atoms with Crippen molar-refractivity contribution in [3.8, 4) is 5.75 Å². The molecule has 0 radical (unpaired) electrons. The number of hydrogen-bond donors (Lipinski definition) is 2. The second-order valence-electron chi connectivity index (χ2n) is 8.95. The number of carbonyl (C=O) groups excluding carboxylic acids is 1. The molecule has 35 heavy (non-hydrogen) atoms. The van der Waals surface area contributed by atoms with E-state index in [4.69, 9.17) is 4.74 Å². The maximum Gasteiger partial charge on any atom is 0.319 e. The second-order valence-corrected chi connectivity index (χ2v) is 10.8. The van der Waals surface area contributed by atoms with Gasteiger partial charge in [-0.1, -0.05) is 13.0 Å². The van der Waals surface area contributed by atoms with Gasteiger partial charge in [0.1, 0.15) is 10.6 Å². The van der Waals surface area contributed by atoms with Crippen LogP contribution in [0.1, 0.15) is 36.7 Å². The predicted molar refractivity (Wildman–Crippen MR) is 137 cm³/mol. The van der Waals surface area contributed by atoms with E-state index < -0.39 is 10.0 Å². The van der Waals surface area contributed by atoms with Crippen molar-refractivity contribution >= 4 is 21.7 Å². The van der Waals surface area contributed by atoms with Crippen molar-refractivity contribution in [3.63, 3.8) is 0 Å². The number of hydrogen-bond acceptors (Lipinski definition) is 6. The molecule has 1 fully saturated rings. The number of methoxy groups -OCH3 is 1. The van der Waals surface area contributed by atoms with Crippen LogP contribution < -0.4 is 15.4 Å². The van der Waals surface area contributed by atoms with Crippen LogP contribution in [0.4, 0.5) is 10.5 Å². The Balaban J connectivity index is 1.51. The normalized spacial score (nSPS) is 15.3. The van der Waals surface area contributed by atoms with Gasteiger partial charge in [0.25, 0.3) is 0 Å². The first kappa shape index (κ1) is 26.9. The maximum atomic E-state index is 13.4. The molecule has 2 heterocycles. The number of piperidine rings is 1. The van der Waals surface area contributed by atoms with Crippen LogP contribution in [0.15, 0.2) is 35.2 Å². The molecular weight excluding hydrogens is 466 g/mol. The third-order valence-corrected chi connectivity index (χ3v) is 8.30. The van der Waals surface area contributed by atoms with E-state index in [0.717, 1.165) is 48.6 Å². The van der Waals surface area contributed by atoms with E-state index in [9.17, 15) is 13.2 Å². The number of ether oxygens (including phenoxy) is 1. The van der Waals surface area contributed by atoms with Gasteiger partial charge < -0.3 is 20.3 Å². The number of likely N-dealkylation sites (tertiary alicyclic amines) is 1. The van der Waals surface area contributed by atoms with Gasteiger partial charge in [0.05, 0.1) is 7.11 Å². The molecule has 0 atom stereocenters. The number of aryl methyl sites for hydroxylation is 3. The molecule has 0 saturated carbocycles. The quantitative estimate of drug-likeness (QED) is 0.544. The number of benzene rings is 1. The summed E-state index contributed by atoms with van der Waals surface area (Å²) in [5.41, 5.74) is 3.38. The third kappa shape index (κ3) is 6.93. The summed E-state index contributed by atoms with van der Waals surface area (Å²) < 4.78 is 33.9. The van der Waals surface area contributed by atoms with Crippen molar-refractivity contribution in [3.05, 3.63) is 47.3 Å². The molecule has 1 aliphatic heterocycles. The van der Waals surface area contributed by atoms with Gasteiger partial charge in [0, 0.05) is 42.8 Å². The lowest BCUT2D eigenvalue weighted by Gasteiger charge is -2.37. The fourth-order valence-corrected chi connectivity index (χ4v) is 6.41. The zero-order valence-electron chi connectivity index (χ0n) is 21.3. The third-order valence-electron chi connectivity index (χ3n) is 6.23. The van der Waals surface area contributed by atoms with Crippen molar-refractivity contribution < 1.29 is 17.9 Å². The van der Waals surface area contributed by atoms with Crippen LogP contribution in [-0.4, -0.2) is 74.5 Å². The van der Waals surface area contributed by atoms with Gasteiger partial charge in [-0.2, -0.15) is 4.31 Å². The molecule has 0 unspecified atom stereocenters. The molecule has 2 N–H and O–H groups in total. The summed E-state index contributed by atoms with van der Waals surface area (Å²) in [6.45, 7) is 10.7. The van der Waals surface area contributed by atoms with E-state index in [1.54, 1.807) is 22.5 Å². The highest BCUT2D eigenvalue weighted by atomic mass is 32.2. The van der Waals surface area contributed by atoms with E-state index in [2.05, 4.69) is 20.5 Å². The molecule has 1 aliphatic rings. The molecule has 192 valence electrons. The van der Waals surface area contributed by atoms with E-state index >= 15 is 0 Å². The Morgan fingerprint density at radius 3 is 2.40 bits per heavy atom. The zero-order chi connectivity index (χ0) is 25.6. The number of carbonyl (C=O) groups is 1. The molecule has 2 aromatic rings. The summed E-state index contributed by atoms with van der Waals surface area (Å²) >= 11 is 0. The number of amides is 2. The first-order valence-electron chi connectivity index (χ1n) is 12.0. The number of urea groups is 1. The molecule has 0 bridgehead atoms. The minimum atomic E-state index is -3.67.